The quantitative estimate of drug-likeness (QED) is 0.693. The second-order valence-corrected chi connectivity index (χ2v) is 3.02. The Bertz CT molecular complexity index is 238. The molecule has 0 aromatic carbocycles. The molecule has 0 spiro atoms. The molecule has 12 heavy (non-hydrogen) atoms. The normalized spacial score (nSPS) is 12.8. The van der Waals surface area contributed by atoms with Crippen LogP contribution in [0, 0.1) is 0 Å². The number of hydrogen-bond acceptors (Lipinski definition) is 2. The summed E-state index contributed by atoms with van der Waals surface area (Å²) >= 11 is 0. The molecule has 1 rings (SSSR count). The molecular weight excluding hydrogens is 150 g/mol. The topological polar surface area (TPSA) is 25.2 Å². The molecule has 1 unspecified atom stereocenters. The van der Waals surface area contributed by atoms with Crippen LogP contribution in [0.25, 0.3) is 0 Å². The molecule has 66 valence electrons. The minimum atomic E-state index is 0.262. The van der Waals surface area contributed by atoms with Gasteiger partial charge in [0, 0.05) is 0 Å². The number of rotatable bonds is 4. The summed E-state index contributed by atoms with van der Waals surface area (Å²) in [5.74, 6) is 0.973. The van der Waals surface area contributed by atoms with E-state index in [0.29, 0.717) is 0 Å². The maximum Gasteiger partial charge on any atom is 0.120 e. The second-order valence-electron chi connectivity index (χ2n) is 3.02. The number of nitrogens with one attached hydrogen (secondary N) is 1. The van der Waals surface area contributed by atoms with Gasteiger partial charge < -0.3 is 9.73 Å². The lowest BCUT2D eigenvalue weighted by atomic mass is 10.1. The highest BCUT2D eigenvalue weighted by atomic mass is 16.3. The Kier molecular flexibility index (Phi) is 3.11. The Balaban J connectivity index is 2.63. The molecule has 0 saturated carbocycles. The standard InChI is InChI=1S/C10H15NO/c1-8(2)7-9(11-3)10-5-4-6-12-10/h4-6,9,11H,1,7H2,2-3H3. The summed E-state index contributed by atoms with van der Waals surface area (Å²) < 4.78 is 5.28. The van der Waals surface area contributed by atoms with E-state index >= 15 is 0 Å². The molecule has 0 aliphatic carbocycles. The van der Waals surface area contributed by atoms with Crippen LogP contribution in [0.3, 0.4) is 0 Å². The molecule has 0 aliphatic heterocycles. The minimum Gasteiger partial charge on any atom is -0.468 e. The second kappa shape index (κ2) is 4.12. The molecule has 1 atom stereocenters. The monoisotopic (exact) mass is 165 g/mol. The molecule has 0 amide bonds. The van der Waals surface area contributed by atoms with Crippen molar-refractivity contribution >= 4 is 0 Å². The fourth-order valence-corrected chi connectivity index (χ4v) is 1.18. The number of furan rings is 1. The van der Waals surface area contributed by atoms with E-state index < -0.39 is 0 Å². The van der Waals surface area contributed by atoms with Gasteiger partial charge in [0.2, 0.25) is 0 Å². The lowest BCUT2D eigenvalue weighted by Crippen LogP contribution is -2.15. The van der Waals surface area contributed by atoms with Crippen molar-refractivity contribution in [3.8, 4) is 0 Å². The molecular formula is C10H15NO. The van der Waals surface area contributed by atoms with Crippen LogP contribution in [-0.4, -0.2) is 7.05 Å². The van der Waals surface area contributed by atoms with Crippen LogP contribution in [0.1, 0.15) is 25.1 Å². The smallest absolute Gasteiger partial charge is 0.120 e. The third-order valence-electron chi connectivity index (χ3n) is 1.79. The molecule has 2 nitrogen and oxygen atoms in total. The summed E-state index contributed by atoms with van der Waals surface area (Å²) in [6.07, 6.45) is 2.61. The van der Waals surface area contributed by atoms with Gasteiger partial charge in [0.1, 0.15) is 5.76 Å². The molecule has 0 saturated heterocycles. The van der Waals surface area contributed by atoms with Crippen LogP contribution in [0.2, 0.25) is 0 Å². The first-order chi connectivity index (χ1) is 5.74. The highest BCUT2D eigenvalue weighted by Gasteiger charge is 2.10. The average Bonchev–Trinajstić information content (AvgIpc) is 2.51. The van der Waals surface area contributed by atoms with Crippen molar-refractivity contribution < 1.29 is 4.42 Å². The first-order valence-corrected chi connectivity index (χ1v) is 4.09. The highest BCUT2D eigenvalue weighted by molar-refractivity contribution is 5.08. The van der Waals surface area contributed by atoms with E-state index in [9.17, 15) is 0 Å². The van der Waals surface area contributed by atoms with E-state index in [1.54, 1.807) is 6.26 Å². The summed E-state index contributed by atoms with van der Waals surface area (Å²) in [4.78, 5) is 0. The molecule has 1 N–H and O–H groups in total. The van der Waals surface area contributed by atoms with Gasteiger partial charge >= 0.3 is 0 Å². The van der Waals surface area contributed by atoms with E-state index in [-0.39, 0.29) is 6.04 Å². The molecule has 2 heteroatoms. The zero-order chi connectivity index (χ0) is 8.97. The van der Waals surface area contributed by atoms with Crippen molar-refractivity contribution in [2.75, 3.05) is 7.05 Å². The van der Waals surface area contributed by atoms with Crippen molar-refractivity contribution in [3.63, 3.8) is 0 Å². The third kappa shape index (κ3) is 2.24. The fourth-order valence-electron chi connectivity index (χ4n) is 1.18. The predicted octanol–water partition coefficient (Wildman–Crippen LogP) is 2.51. The third-order valence-corrected chi connectivity index (χ3v) is 1.79. The molecule has 0 radical (unpaired) electrons. The van der Waals surface area contributed by atoms with Crippen molar-refractivity contribution in [1.29, 1.82) is 0 Å². The fraction of sp³-hybridized carbons (Fsp3) is 0.400. The van der Waals surface area contributed by atoms with E-state index in [0.717, 1.165) is 17.8 Å². The van der Waals surface area contributed by atoms with Crippen molar-refractivity contribution in [3.05, 3.63) is 36.3 Å². The predicted molar refractivity (Wildman–Crippen MR) is 49.9 cm³/mol. The van der Waals surface area contributed by atoms with Gasteiger partial charge in [-0.05, 0) is 32.5 Å². The van der Waals surface area contributed by atoms with Gasteiger partial charge in [-0.3, -0.25) is 0 Å². The van der Waals surface area contributed by atoms with E-state index in [1.165, 1.54) is 0 Å². The Morgan fingerprint density at radius 2 is 2.50 bits per heavy atom. The summed E-state index contributed by atoms with van der Waals surface area (Å²) in [5.41, 5.74) is 1.16. The van der Waals surface area contributed by atoms with Crippen LogP contribution in [0.15, 0.2) is 35.0 Å². The summed E-state index contributed by atoms with van der Waals surface area (Å²) in [7, 11) is 1.93. The average molecular weight is 165 g/mol. The van der Waals surface area contributed by atoms with Gasteiger partial charge in [0.25, 0.3) is 0 Å². The largest absolute Gasteiger partial charge is 0.468 e. The van der Waals surface area contributed by atoms with E-state index in [2.05, 4.69) is 11.9 Å². The van der Waals surface area contributed by atoms with Crippen LogP contribution in [0.4, 0.5) is 0 Å². The minimum absolute atomic E-state index is 0.262. The van der Waals surface area contributed by atoms with Gasteiger partial charge in [0.05, 0.1) is 12.3 Å². The van der Waals surface area contributed by atoms with Crippen molar-refractivity contribution in [1.82, 2.24) is 5.32 Å². The molecule has 1 heterocycles. The van der Waals surface area contributed by atoms with Gasteiger partial charge in [-0.15, -0.1) is 6.58 Å². The first kappa shape index (κ1) is 9.07. The highest BCUT2D eigenvalue weighted by Crippen LogP contribution is 2.19. The first-order valence-electron chi connectivity index (χ1n) is 4.09. The number of hydrogen-bond donors (Lipinski definition) is 1. The molecule has 0 fully saturated rings. The van der Waals surface area contributed by atoms with Gasteiger partial charge in [0.15, 0.2) is 0 Å². The van der Waals surface area contributed by atoms with Gasteiger partial charge in [-0.2, -0.15) is 0 Å². The maximum atomic E-state index is 5.28. The van der Waals surface area contributed by atoms with E-state index in [1.807, 2.05) is 26.1 Å². The summed E-state index contributed by atoms with van der Waals surface area (Å²) in [6, 6.07) is 4.14. The zero-order valence-electron chi connectivity index (χ0n) is 7.63. The Morgan fingerprint density at radius 3 is 2.92 bits per heavy atom. The molecule has 0 aliphatic rings. The van der Waals surface area contributed by atoms with Crippen LogP contribution >= 0.6 is 0 Å². The maximum absolute atomic E-state index is 5.28. The van der Waals surface area contributed by atoms with Gasteiger partial charge in [-0.1, -0.05) is 5.57 Å². The zero-order valence-corrected chi connectivity index (χ0v) is 7.63. The Morgan fingerprint density at radius 1 is 1.75 bits per heavy atom. The SMILES string of the molecule is C=C(C)CC(NC)c1ccco1. The van der Waals surface area contributed by atoms with Crippen LogP contribution in [-0.2, 0) is 0 Å². The van der Waals surface area contributed by atoms with Crippen LogP contribution in [0.5, 0.6) is 0 Å². The van der Waals surface area contributed by atoms with Crippen molar-refractivity contribution in [2.24, 2.45) is 0 Å². The van der Waals surface area contributed by atoms with Crippen LogP contribution < -0.4 is 5.32 Å². The lowest BCUT2D eigenvalue weighted by Gasteiger charge is -2.12. The Labute approximate surface area is 73.3 Å². The lowest BCUT2D eigenvalue weighted by molar-refractivity contribution is 0.429. The van der Waals surface area contributed by atoms with Gasteiger partial charge in [-0.25, -0.2) is 0 Å². The van der Waals surface area contributed by atoms with Crippen molar-refractivity contribution in [2.45, 2.75) is 19.4 Å². The molecule has 1 aromatic rings. The molecule has 0 bridgehead atoms. The Hall–Kier alpha value is -1.02. The summed E-state index contributed by atoms with van der Waals surface area (Å²) in [5, 5.41) is 3.18. The van der Waals surface area contributed by atoms with E-state index in [4.69, 9.17) is 4.42 Å². The molecule has 1 aromatic heterocycles. The summed E-state index contributed by atoms with van der Waals surface area (Å²) in [6.45, 7) is 5.89.